The lowest BCUT2D eigenvalue weighted by molar-refractivity contribution is 0.0940. The van der Waals surface area contributed by atoms with E-state index in [9.17, 15) is 4.79 Å². The average Bonchev–Trinajstić information content (AvgIpc) is 2.92. The van der Waals surface area contributed by atoms with E-state index in [1.807, 2.05) is 20.0 Å². The number of imidazole rings is 1. The summed E-state index contributed by atoms with van der Waals surface area (Å²) in [5, 5.41) is 3.65. The van der Waals surface area contributed by atoms with Gasteiger partial charge in [-0.3, -0.25) is 0 Å². The van der Waals surface area contributed by atoms with Gasteiger partial charge in [-0.15, -0.1) is 0 Å². The molecule has 1 aromatic rings. The van der Waals surface area contributed by atoms with E-state index in [0.717, 1.165) is 43.9 Å². The number of nitrogens with one attached hydrogen (secondary N) is 2. The summed E-state index contributed by atoms with van der Waals surface area (Å²) >= 11 is 0. The molecule has 1 unspecified atom stereocenters. The van der Waals surface area contributed by atoms with Gasteiger partial charge in [-0.05, 0) is 33.1 Å². The van der Waals surface area contributed by atoms with E-state index in [2.05, 4.69) is 22.2 Å². The quantitative estimate of drug-likeness (QED) is 0.874. The molecule has 1 amide bonds. The maximum Gasteiger partial charge on any atom is 0.409 e. The summed E-state index contributed by atoms with van der Waals surface area (Å²) in [7, 11) is 0. The number of hydrogen-bond acceptors (Lipinski definition) is 4. The van der Waals surface area contributed by atoms with Gasteiger partial charge in [-0.25, -0.2) is 9.78 Å². The Morgan fingerprint density at radius 1 is 1.52 bits per heavy atom. The molecule has 2 heterocycles. The lowest BCUT2D eigenvalue weighted by Gasteiger charge is -2.33. The second kappa shape index (κ2) is 7.45. The van der Waals surface area contributed by atoms with Crippen molar-refractivity contribution in [2.24, 2.45) is 0 Å². The molecule has 0 bridgehead atoms. The molecule has 1 atom stereocenters. The highest BCUT2D eigenvalue weighted by Gasteiger charge is 2.25. The van der Waals surface area contributed by atoms with Crippen molar-refractivity contribution >= 4 is 6.09 Å². The van der Waals surface area contributed by atoms with Gasteiger partial charge in [0.2, 0.25) is 0 Å². The van der Waals surface area contributed by atoms with Gasteiger partial charge in [0.25, 0.3) is 0 Å². The van der Waals surface area contributed by atoms with Crippen molar-refractivity contribution in [1.82, 2.24) is 20.2 Å². The number of likely N-dealkylation sites (tertiary alicyclic amines) is 1. The molecule has 1 fully saturated rings. The van der Waals surface area contributed by atoms with E-state index >= 15 is 0 Å². The Kier molecular flexibility index (Phi) is 5.61. The largest absolute Gasteiger partial charge is 0.450 e. The molecule has 21 heavy (non-hydrogen) atoms. The fraction of sp³-hybridized carbons (Fsp3) is 0.733. The van der Waals surface area contributed by atoms with E-state index < -0.39 is 0 Å². The molecule has 118 valence electrons. The molecule has 6 nitrogen and oxygen atoms in total. The van der Waals surface area contributed by atoms with Crippen LogP contribution in [-0.2, 0) is 4.74 Å². The number of rotatable bonds is 5. The van der Waals surface area contributed by atoms with Crippen LogP contribution in [0.5, 0.6) is 0 Å². The molecular formula is C15H26N4O2. The number of ether oxygens (including phenoxy) is 1. The van der Waals surface area contributed by atoms with Gasteiger partial charge in [0.05, 0.1) is 12.6 Å². The molecular weight excluding hydrogens is 268 g/mol. The van der Waals surface area contributed by atoms with Crippen LogP contribution in [0, 0.1) is 6.92 Å². The minimum Gasteiger partial charge on any atom is -0.450 e. The number of carbonyl (C=O) groups is 1. The van der Waals surface area contributed by atoms with Crippen molar-refractivity contribution in [1.29, 1.82) is 0 Å². The van der Waals surface area contributed by atoms with Crippen molar-refractivity contribution in [2.45, 2.75) is 52.1 Å². The summed E-state index contributed by atoms with van der Waals surface area (Å²) in [4.78, 5) is 21.2. The Morgan fingerprint density at radius 3 is 2.76 bits per heavy atom. The fourth-order valence-electron chi connectivity index (χ4n) is 2.73. The first-order chi connectivity index (χ1) is 10.1. The number of nitrogens with zero attached hydrogens (tertiary/aromatic N) is 2. The molecule has 1 aliphatic heterocycles. The first kappa shape index (κ1) is 15.8. The van der Waals surface area contributed by atoms with Crippen molar-refractivity contribution in [3.8, 4) is 0 Å². The third-order valence-corrected chi connectivity index (χ3v) is 3.92. The van der Waals surface area contributed by atoms with Gasteiger partial charge in [-0.1, -0.05) is 6.92 Å². The average molecular weight is 294 g/mol. The van der Waals surface area contributed by atoms with Crippen LogP contribution < -0.4 is 5.32 Å². The van der Waals surface area contributed by atoms with Crippen LogP contribution in [0.3, 0.4) is 0 Å². The highest BCUT2D eigenvalue weighted by atomic mass is 16.6. The van der Waals surface area contributed by atoms with Gasteiger partial charge in [-0.2, -0.15) is 0 Å². The zero-order chi connectivity index (χ0) is 15.2. The molecule has 2 N–H and O–H groups in total. The highest BCUT2D eigenvalue weighted by molar-refractivity contribution is 5.67. The number of aromatic nitrogens is 2. The van der Waals surface area contributed by atoms with Gasteiger partial charge in [0.15, 0.2) is 0 Å². The second-order valence-electron chi connectivity index (χ2n) is 5.54. The smallest absolute Gasteiger partial charge is 0.409 e. The topological polar surface area (TPSA) is 70.2 Å². The van der Waals surface area contributed by atoms with E-state index in [1.54, 1.807) is 4.90 Å². The van der Waals surface area contributed by atoms with Crippen LogP contribution in [0.2, 0.25) is 0 Å². The first-order valence-electron chi connectivity index (χ1n) is 7.83. The first-order valence-corrected chi connectivity index (χ1v) is 7.83. The monoisotopic (exact) mass is 294 g/mol. The van der Waals surface area contributed by atoms with Crippen LogP contribution in [0.4, 0.5) is 4.79 Å². The Morgan fingerprint density at radius 2 is 2.24 bits per heavy atom. The summed E-state index contributed by atoms with van der Waals surface area (Å²) in [5.41, 5.74) is 1.09. The maximum absolute atomic E-state index is 11.7. The van der Waals surface area contributed by atoms with Gasteiger partial charge >= 0.3 is 6.09 Å². The summed E-state index contributed by atoms with van der Waals surface area (Å²) in [5.74, 6) is 1.00. The highest BCUT2D eigenvalue weighted by Crippen LogP contribution is 2.18. The second-order valence-corrected chi connectivity index (χ2v) is 5.54. The normalized spacial score (nSPS) is 17.8. The van der Waals surface area contributed by atoms with Crippen molar-refractivity contribution in [2.75, 3.05) is 19.7 Å². The van der Waals surface area contributed by atoms with Crippen LogP contribution in [0.15, 0.2) is 6.20 Å². The van der Waals surface area contributed by atoms with E-state index in [4.69, 9.17) is 4.74 Å². The Bertz CT molecular complexity index is 452. The molecule has 0 aromatic carbocycles. The maximum atomic E-state index is 11.7. The molecule has 1 aromatic heterocycles. The molecule has 1 aliphatic rings. The summed E-state index contributed by atoms with van der Waals surface area (Å²) in [6.07, 6.45) is 4.57. The van der Waals surface area contributed by atoms with Gasteiger partial charge in [0, 0.05) is 31.0 Å². The van der Waals surface area contributed by atoms with Crippen molar-refractivity contribution in [3.05, 3.63) is 17.7 Å². The van der Waals surface area contributed by atoms with Crippen LogP contribution in [0.1, 0.15) is 50.7 Å². The fourth-order valence-corrected chi connectivity index (χ4v) is 2.73. The molecule has 0 saturated carbocycles. The van der Waals surface area contributed by atoms with Crippen LogP contribution >= 0.6 is 0 Å². The number of hydrogen-bond donors (Lipinski definition) is 2. The SMILES string of the molecule is CCOC(=O)N1CCC(NC(CC)c2ncc(C)[nH]2)CC1. The lowest BCUT2D eigenvalue weighted by atomic mass is 10.0. The Labute approximate surface area is 126 Å². The summed E-state index contributed by atoms with van der Waals surface area (Å²) in [6.45, 7) is 7.95. The summed E-state index contributed by atoms with van der Waals surface area (Å²) < 4.78 is 5.04. The predicted molar refractivity (Wildman–Crippen MR) is 81.1 cm³/mol. The zero-order valence-electron chi connectivity index (χ0n) is 13.2. The third kappa shape index (κ3) is 4.20. The third-order valence-electron chi connectivity index (χ3n) is 3.92. The Hall–Kier alpha value is -1.56. The van der Waals surface area contributed by atoms with Crippen molar-refractivity contribution < 1.29 is 9.53 Å². The summed E-state index contributed by atoms with van der Waals surface area (Å²) in [6, 6.07) is 0.670. The molecule has 0 radical (unpaired) electrons. The molecule has 6 heteroatoms. The molecule has 0 aliphatic carbocycles. The molecule has 2 rings (SSSR count). The van der Waals surface area contributed by atoms with Crippen LogP contribution in [0.25, 0.3) is 0 Å². The van der Waals surface area contributed by atoms with Crippen molar-refractivity contribution in [3.63, 3.8) is 0 Å². The molecule has 0 spiro atoms. The van der Waals surface area contributed by atoms with E-state index in [-0.39, 0.29) is 12.1 Å². The number of aromatic amines is 1. The minimum atomic E-state index is -0.190. The number of carbonyl (C=O) groups excluding carboxylic acids is 1. The van der Waals surface area contributed by atoms with Gasteiger partial charge in [0.1, 0.15) is 5.82 Å². The number of amides is 1. The Balaban J connectivity index is 1.83. The standard InChI is InChI=1S/C15H26N4O2/c1-4-13(14-16-10-11(3)17-14)18-12-6-8-19(9-7-12)15(20)21-5-2/h10,12-13,18H,4-9H2,1-3H3,(H,16,17). The van der Waals surface area contributed by atoms with E-state index in [0.29, 0.717) is 12.6 Å². The number of H-pyrrole nitrogens is 1. The number of piperidine rings is 1. The molecule has 1 saturated heterocycles. The minimum absolute atomic E-state index is 0.190. The predicted octanol–water partition coefficient (Wildman–Crippen LogP) is 2.38. The zero-order valence-corrected chi connectivity index (χ0v) is 13.2. The number of aryl methyl sites for hydroxylation is 1. The van der Waals surface area contributed by atoms with E-state index in [1.165, 1.54) is 0 Å². The van der Waals surface area contributed by atoms with Gasteiger partial charge < -0.3 is 19.9 Å². The lowest BCUT2D eigenvalue weighted by Crippen LogP contribution is -2.46. The van der Waals surface area contributed by atoms with Crippen LogP contribution in [-0.4, -0.2) is 46.7 Å².